The van der Waals surface area contributed by atoms with Crippen LogP contribution in [0.25, 0.3) is 5.52 Å². The van der Waals surface area contributed by atoms with Crippen molar-refractivity contribution in [1.82, 2.24) is 14.9 Å². The fraction of sp³-hybridized carbons (Fsp3) is 0.588. The first-order valence-electron chi connectivity index (χ1n) is 8.02. The third-order valence-corrected chi connectivity index (χ3v) is 3.82. The second-order valence-electron chi connectivity index (χ2n) is 5.49. The molecule has 0 spiro atoms. The lowest BCUT2D eigenvalue weighted by atomic mass is 10.0. The predicted molar refractivity (Wildman–Crippen MR) is 85.0 cm³/mol. The Hall–Kier alpha value is -1.35. The molecule has 0 aliphatic heterocycles. The summed E-state index contributed by atoms with van der Waals surface area (Å²) in [5.41, 5.74) is 2.58. The van der Waals surface area contributed by atoms with Crippen LogP contribution in [0.1, 0.15) is 64.0 Å². The van der Waals surface area contributed by atoms with Gasteiger partial charge in [0.25, 0.3) is 0 Å². The number of nitrogens with zero attached hydrogens (tertiary/aromatic N) is 2. The molecule has 0 aliphatic carbocycles. The van der Waals surface area contributed by atoms with Crippen LogP contribution in [0.15, 0.2) is 30.6 Å². The first-order chi connectivity index (χ1) is 9.86. The number of hydrogen-bond acceptors (Lipinski definition) is 2. The Balaban J connectivity index is 2.08. The lowest BCUT2D eigenvalue weighted by Gasteiger charge is -2.17. The maximum Gasteiger partial charge on any atom is 0.0709 e. The van der Waals surface area contributed by atoms with Crippen molar-refractivity contribution in [1.29, 1.82) is 0 Å². The normalized spacial score (nSPS) is 12.9. The molecule has 0 saturated heterocycles. The SMILES string of the molecule is CCCCCCC(NCCC)c1cnn2ccccc12. The molecule has 2 rings (SSSR count). The van der Waals surface area contributed by atoms with Crippen molar-refractivity contribution < 1.29 is 0 Å². The number of aromatic nitrogens is 2. The Morgan fingerprint density at radius 2 is 2.05 bits per heavy atom. The van der Waals surface area contributed by atoms with Gasteiger partial charge >= 0.3 is 0 Å². The minimum atomic E-state index is 0.437. The molecule has 0 fully saturated rings. The second-order valence-corrected chi connectivity index (χ2v) is 5.49. The van der Waals surface area contributed by atoms with Crippen LogP contribution in [0.3, 0.4) is 0 Å². The highest BCUT2D eigenvalue weighted by molar-refractivity contribution is 5.54. The zero-order valence-electron chi connectivity index (χ0n) is 12.8. The molecule has 0 saturated carbocycles. The maximum absolute atomic E-state index is 4.47. The van der Waals surface area contributed by atoms with Gasteiger partial charge in [0.15, 0.2) is 0 Å². The Labute approximate surface area is 122 Å². The van der Waals surface area contributed by atoms with E-state index in [1.54, 1.807) is 0 Å². The van der Waals surface area contributed by atoms with E-state index < -0.39 is 0 Å². The fourth-order valence-corrected chi connectivity index (χ4v) is 2.68. The van der Waals surface area contributed by atoms with E-state index in [1.165, 1.54) is 49.6 Å². The van der Waals surface area contributed by atoms with Gasteiger partial charge in [0.05, 0.1) is 11.7 Å². The smallest absolute Gasteiger partial charge is 0.0709 e. The number of pyridine rings is 1. The van der Waals surface area contributed by atoms with E-state index in [-0.39, 0.29) is 0 Å². The van der Waals surface area contributed by atoms with Crippen molar-refractivity contribution >= 4 is 5.52 Å². The van der Waals surface area contributed by atoms with Gasteiger partial charge in [-0.25, -0.2) is 4.52 Å². The zero-order chi connectivity index (χ0) is 14.2. The first-order valence-corrected chi connectivity index (χ1v) is 8.02. The highest BCUT2D eigenvalue weighted by Crippen LogP contribution is 2.24. The summed E-state index contributed by atoms with van der Waals surface area (Å²) in [5.74, 6) is 0. The van der Waals surface area contributed by atoms with Crippen molar-refractivity contribution in [3.8, 4) is 0 Å². The van der Waals surface area contributed by atoms with Crippen LogP contribution in [-0.4, -0.2) is 16.2 Å². The van der Waals surface area contributed by atoms with Crippen LogP contribution in [-0.2, 0) is 0 Å². The molecule has 110 valence electrons. The molecule has 1 unspecified atom stereocenters. The highest BCUT2D eigenvalue weighted by Gasteiger charge is 2.15. The Bertz CT molecular complexity index is 504. The average molecular weight is 273 g/mol. The predicted octanol–water partition coefficient (Wildman–Crippen LogP) is 4.35. The summed E-state index contributed by atoms with van der Waals surface area (Å²) in [7, 11) is 0. The van der Waals surface area contributed by atoms with Gasteiger partial charge in [-0.15, -0.1) is 0 Å². The maximum atomic E-state index is 4.47. The molecule has 2 heterocycles. The Morgan fingerprint density at radius 1 is 1.15 bits per heavy atom. The van der Waals surface area contributed by atoms with Crippen molar-refractivity contribution in [3.63, 3.8) is 0 Å². The molecule has 0 amide bonds. The summed E-state index contributed by atoms with van der Waals surface area (Å²) >= 11 is 0. The van der Waals surface area contributed by atoms with Crippen LogP contribution < -0.4 is 5.32 Å². The van der Waals surface area contributed by atoms with Crippen LogP contribution in [0.4, 0.5) is 0 Å². The van der Waals surface area contributed by atoms with Crippen LogP contribution in [0.2, 0.25) is 0 Å². The number of nitrogens with one attached hydrogen (secondary N) is 1. The minimum Gasteiger partial charge on any atom is -0.310 e. The standard InChI is InChI=1S/C17H27N3/c1-3-5-6-7-10-16(18-12-4-2)15-14-19-20-13-9-8-11-17(15)20/h8-9,11,13-14,16,18H,3-7,10,12H2,1-2H3. The molecule has 0 radical (unpaired) electrons. The first kappa shape index (κ1) is 15.0. The van der Waals surface area contributed by atoms with Gasteiger partial charge in [0, 0.05) is 17.8 Å². The minimum absolute atomic E-state index is 0.437. The number of hydrogen-bond donors (Lipinski definition) is 1. The topological polar surface area (TPSA) is 29.3 Å². The van der Waals surface area contributed by atoms with Gasteiger partial charge in [0.2, 0.25) is 0 Å². The van der Waals surface area contributed by atoms with Gasteiger partial charge in [-0.05, 0) is 31.5 Å². The van der Waals surface area contributed by atoms with Crippen LogP contribution in [0.5, 0.6) is 0 Å². The number of fused-ring (bicyclic) bond motifs is 1. The van der Waals surface area contributed by atoms with E-state index in [9.17, 15) is 0 Å². The molecule has 2 aromatic rings. The van der Waals surface area contributed by atoms with Gasteiger partial charge in [-0.2, -0.15) is 5.10 Å². The van der Waals surface area contributed by atoms with Crippen LogP contribution in [0, 0.1) is 0 Å². The molecule has 2 aromatic heterocycles. The molecular formula is C17H27N3. The quantitative estimate of drug-likeness (QED) is 0.688. The second kappa shape index (κ2) is 8.05. The van der Waals surface area contributed by atoms with Gasteiger partial charge in [-0.3, -0.25) is 0 Å². The van der Waals surface area contributed by atoms with E-state index in [1.807, 2.05) is 23.0 Å². The highest BCUT2D eigenvalue weighted by atomic mass is 15.2. The summed E-state index contributed by atoms with van der Waals surface area (Å²) in [6.45, 7) is 5.55. The van der Waals surface area contributed by atoms with Crippen molar-refractivity contribution in [2.24, 2.45) is 0 Å². The van der Waals surface area contributed by atoms with E-state index >= 15 is 0 Å². The summed E-state index contributed by atoms with van der Waals surface area (Å²) < 4.78 is 1.97. The summed E-state index contributed by atoms with van der Waals surface area (Å²) in [6.07, 6.45) is 11.7. The summed E-state index contributed by atoms with van der Waals surface area (Å²) in [6, 6.07) is 6.72. The van der Waals surface area contributed by atoms with E-state index in [0.717, 1.165) is 6.54 Å². The Kier molecular flexibility index (Phi) is 6.06. The largest absolute Gasteiger partial charge is 0.310 e. The van der Waals surface area contributed by atoms with Crippen LogP contribution >= 0.6 is 0 Å². The molecular weight excluding hydrogens is 246 g/mol. The van der Waals surface area contributed by atoms with Gasteiger partial charge in [-0.1, -0.05) is 45.6 Å². The van der Waals surface area contributed by atoms with Gasteiger partial charge in [0.1, 0.15) is 0 Å². The third kappa shape index (κ3) is 3.83. The zero-order valence-corrected chi connectivity index (χ0v) is 12.8. The number of unbranched alkanes of at least 4 members (excludes halogenated alkanes) is 3. The molecule has 0 aromatic carbocycles. The monoisotopic (exact) mass is 273 g/mol. The van der Waals surface area contributed by atoms with Crippen molar-refractivity contribution in [2.45, 2.75) is 58.4 Å². The lowest BCUT2D eigenvalue weighted by Crippen LogP contribution is -2.22. The molecule has 3 nitrogen and oxygen atoms in total. The molecule has 1 N–H and O–H groups in total. The van der Waals surface area contributed by atoms with E-state index in [0.29, 0.717) is 6.04 Å². The van der Waals surface area contributed by atoms with Gasteiger partial charge < -0.3 is 5.32 Å². The fourth-order valence-electron chi connectivity index (χ4n) is 2.68. The summed E-state index contributed by atoms with van der Waals surface area (Å²) in [5, 5.41) is 8.16. The molecule has 20 heavy (non-hydrogen) atoms. The van der Waals surface area contributed by atoms with E-state index in [2.05, 4.69) is 36.4 Å². The molecule has 3 heteroatoms. The molecule has 0 aliphatic rings. The summed E-state index contributed by atoms with van der Waals surface area (Å²) in [4.78, 5) is 0. The Morgan fingerprint density at radius 3 is 2.85 bits per heavy atom. The molecule has 1 atom stereocenters. The van der Waals surface area contributed by atoms with Crippen molar-refractivity contribution in [3.05, 3.63) is 36.2 Å². The lowest BCUT2D eigenvalue weighted by molar-refractivity contribution is 0.472. The van der Waals surface area contributed by atoms with Crippen molar-refractivity contribution in [2.75, 3.05) is 6.54 Å². The average Bonchev–Trinajstić information content (AvgIpc) is 2.91. The number of rotatable bonds is 9. The third-order valence-electron chi connectivity index (χ3n) is 3.82. The van der Waals surface area contributed by atoms with E-state index in [4.69, 9.17) is 0 Å². The molecule has 0 bridgehead atoms.